The van der Waals surface area contributed by atoms with Crippen molar-refractivity contribution in [1.29, 1.82) is 0 Å². The van der Waals surface area contributed by atoms with Crippen molar-refractivity contribution < 1.29 is 9.90 Å². The number of hydrogen-bond donors (Lipinski definition) is 1. The zero-order valence-electron chi connectivity index (χ0n) is 4.30. The predicted octanol–water partition coefficient (Wildman–Crippen LogP) is 1.76. The normalized spacial score (nSPS) is 10.1. The molecule has 0 rings (SSSR count). The van der Waals surface area contributed by atoms with E-state index in [1.54, 1.807) is 11.1 Å². The Labute approximate surface area is 56.3 Å². The summed E-state index contributed by atoms with van der Waals surface area (Å²) in [5.41, 5.74) is 0. The average Bonchev–Trinajstić information content (AvgIpc) is 1.66. The molecule has 0 aromatic heterocycles. The molecule has 0 atom stereocenters. The minimum Gasteiger partial charge on any atom is -0.481 e. The van der Waals surface area contributed by atoms with Gasteiger partial charge in [0.2, 0.25) is 0 Å². The van der Waals surface area contributed by atoms with Crippen molar-refractivity contribution >= 4 is 21.9 Å². The summed E-state index contributed by atoms with van der Waals surface area (Å²) in [6.07, 6.45) is 2.57. The van der Waals surface area contributed by atoms with Crippen LogP contribution < -0.4 is 0 Å². The Morgan fingerprint density at radius 2 is 2.38 bits per heavy atom. The maximum atomic E-state index is 9.82. The van der Waals surface area contributed by atoms with Crippen molar-refractivity contribution in [3.63, 3.8) is 0 Å². The van der Waals surface area contributed by atoms with Gasteiger partial charge in [-0.25, -0.2) is 0 Å². The van der Waals surface area contributed by atoms with Gasteiger partial charge in [0.1, 0.15) is 0 Å². The molecule has 1 N–H and O–H groups in total. The Balaban J connectivity index is 3.05. The van der Waals surface area contributed by atoms with Gasteiger partial charge in [-0.3, -0.25) is 4.79 Å². The number of carbonyl (C=O) groups is 1. The van der Waals surface area contributed by atoms with Gasteiger partial charge >= 0.3 is 5.97 Å². The Hall–Kier alpha value is -0.310. The first-order valence-corrected chi connectivity index (χ1v) is 3.16. The minimum absolute atomic E-state index is 0.210. The summed E-state index contributed by atoms with van der Waals surface area (Å²) in [5.74, 6) is -0.754. The second-order valence-electron chi connectivity index (χ2n) is 1.29. The third-order valence-corrected chi connectivity index (χ3v) is 0.988. The second kappa shape index (κ2) is 4.84. The molecule has 0 saturated heterocycles. The van der Waals surface area contributed by atoms with Gasteiger partial charge in [0, 0.05) is 6.42 Å². The first kappa shape index (κ1) is 7.69. The highest BCUT2D eigenvalue weighted by atomic mass is 79.9. The summed E-state index contributed by atoms with van der Waals surface area (Å²) in [6, 6.07) is 0. The van der Waals surface area contributed by atoms with Gasteiger partial charge in [0.25, 0.3) is 0 Å². The fourth-order valence-corrected chi connectivity index (χ4v) is 0.534. The molecule has 3 heteroatoms. The van der Waals surface area contributed by atoms with Crippen LogP contribution in [0.15, 0.2) is 11.1 Å². The maximum absolute atomic E-state index is 9.82. The molecule has 0 spiro atoms. The maximum Gasteiger partial charge on any atom is 0.303 e. The number of carboxylic acid groups (broad SMARTS) is 1. The van der Waals surface area contributed by atoms with Crippen molar-refractivity contribution in [3.05, 3.63) is 11.1 Å². The van der Waals surface area contributed by atoms with E-state index in [0.29, 0.717) is 6.42 Å². The molecule has 0 aromatic rings. The summed E-state index contributed by atoms with van der Waals surface area (Å²) in [5, 5.41) is 8.09. The third-order valence-electron chi connectivity index (χ3n) is 0.614. The quantitative estimate of drug-likeness (QED) is 0.716. The van der Waals surface area contributed by atoms with Crippen LogP contribution in [0.4, 0.5) is 0 Å². The monoisotopic (exact) mass is 178 g/mol. The summed E-state index contributed by atoms with van der Waals surface area (Å²) >= 11 is 3.03. The van der Waals surface area contributed by atoms with Gasteiger partial charge in [-0.1, -0.05) is 22.0 Å². The largest absolute Gasteiger partial charge is 0.481 e. The van der Waals surface area contributed by atoms with Crippen LogP contribution in [-0.4, -0.2) is 11.1 Å². The number of carboxylic acids is 1. The SMILES string of the molecule is O=C(O)CCC=CBr. The van der Waals surface area contributed by atoms with Crippen LogP contribution in [0.2, 0.25) is 0 Å². The zero-order valence-corrected chi connectivity index (χ0v) is 5.89. The van der Waals surface area contributed by atoms with Gasteiger partial charge in [-0.2, -0.15) is 0 Å². The number of rotatable bonds is 3. The van der Waals surface area contributed by atoms with Crippen molar-refractivity contribution in [2.45, 2.75) is 12.8 Å². The summed E-state index contributed by atoms with van der Waals surface area (Å²) in [4.78, 5) is 11.5. The molecular formula is C5H7BrO2. The zero-order chi connectivity index (χ0) is 6.41. The van der Waals surface area contributed by atoms with Gasteiger partial charge < -0.3 is 5.11 Å². The van der Waals surface area contributed by atoms with Crippen LogP contribution in [-0.2, 0) is 4.79 Å². The molecule has 0 fully saturated rings. The van der Waals surface area contributed by atoms with E-state index in [2.05, 4.69) is 15.9 Å². The first-order valence-electron chi connectivity index (χ1n) is 2.24. The van der Waals surface area contributed by atoms with Crippen LogP contribution in [0.1, 0.15) is 12.8 Å². The lowest BCUT2D eigenvalue weighted by molar-refractivity contribution is -0.136. The highest BCUT2D eigenvalue weighted by molar-refractivity contribution is 9.11. The average molecular weight is 179 g/mol. The van der Waals surface area contributed by atoms with Crippen LogP contribution >= 0.6 is 15.9 Å². The highest BCUT2D eigenvalue weighted by Gasteiger charge is 1.89. The molecule has 0 bridgehead atoms. The van der Waals surface area contributed by atoms with Gasteiger partial charge in [0.15, 0.2) is 0 Å². The smallest absolute Gasteiger partial charge is 0.303 e. The van der Waals surface area contributed by atoms with Crippen molar-refractivity contribution in [1.82, 2.24) is 0 Å². The Kier molecular flexibility index (Phi) is 4.65. The molecule has 0 amide bonds. The molecule has 0 saturated carbocycles. The molecule has 0 aliphatic rings. The van der Waals surface area contributed by atoms with Crippen molar-refractivity contribution in [3.8, 4) is 0 Å². The molecule has 2 nitrogen and oxygen atoms in total. The molecular weight excluding hydrogens is 172 g/mol. The molecule has 0 aliphatic carbocycles. The van der Waals surface area contributed by atoms with Crippen LogP contribution in [0.3, 0.4) is 0 Å². The third kappa shape index (κ3) is 5.69. The van der Waals surface area contributed by atoms with Crippen LogP contribution in [0.25, 0.3) is 0 Å². The molecule has 0 aromatic carbocycles. The lowest BCUT2D eigenvalue weighted by Crippen LogP contribution is -1.91. The molecule has 0 aliphatic heterocycles. The van der Waals surface area contributed by atoms with E-state index in [4.69, 9.17) is 5.11 Å². The van der Waals surface area contributed by atoms with Crippen LogP contribution in [0, 0.1) is 0 Å². The number of hydrogen-bond acceptors (Lipinski definition) is 1. The summed E-state index contributed by atoms with van der Waals surface area (Å²) in [7, 11) is 0. The highest BCUT2D eigenvalue weighted by Crippen LogP contribution is 1.92. The Morgan fingerprint density at radius 1 is 1.75 bits per heavy atom. The lowest BCUT2D eigenvalue weighted by Gasteiger charge is -1.83. The fraction of sp³-hybridized carbons (Fsp3) is 0.400. The van der Waals surface area contributed by atoms with E-state index >= 15 is 0 Å². The summed E-state index contributed by atoms with van der Waals surface area (Å²) in [6.45, 7) is 0. The number of allylic oxidation sites excluding steroid dienone is 1. The Bertz CT molecular complexity index is 98.6. The van der Waals surface area contributed by atoms with Gasteiger partial charge in [0.05, 0.1) is 0 Å². The first-order chi connectivity index (χ1) is 3.77. The lowest BCUT2D eigenvalue weighted by atomic mass is 10.3. The number of aliphatic carboxylic acids is 1. The molecule has 0 radical (unpaired) electrons. The van der Waals surface area contributed by atoms with Crippen LogP contribution in [0.5, 0.6) is 0 Å². The molecule has 0 unspecified atom stereocenters. The van der Waals surface area contributed by atoms with E-state index in [1.165, 1.54) is 0 Å². The molecule has 46 valence electrons. The Morgan fingerprint density at radius 3 is 2.75 bits per heavy atom. The van der Waals surface area contributed by atoms with Crippen molar-refractivity contribution in [2.24, 2.45) is 0 Å². The molecule has 0 heterocycles. The van der Waals surface area contributed by atoms with Gasteiger partial charge in [-0.15, -0.1) is 0 Å². The van der Waals surface area contributed by atoms with E-state index in [9.17, 15) is 4.79 Å². The van der Waals surface area contributed by atoms with E-state index in [0.717, 1.165) is 0 Å². The minimum atomic E-state index is -0.754. The standard InChI is InChI=1S/C5H7BrO2/c6-4-2-1-3-5(7)8/h2,4H,1,3H2,(H,7,8). The topological polar surface area (TPSA) is 37.3 Å². The van der Waals surface area contributed by atoms with E-state index < -0.39 is 5.97 Å². The predicted molar refractivity (Wildman–Crippen MR) is 34.9 cm³/mol. The van der Waals surface area contributed by atoms with E-state index in [-0.39, 0.29) is 6.42 Å². The summed E-state index contributed by atoms with van der Waals surface area (Å²) < 4.78 is 0. The fourth-order valence-electron chi connectivity index (χ4n) is 0.270. The van der Waals surface area contributed by atoms with Crippen molar-refractivity contribution in [2.75, 3.05) is 0 Å². The van der Waals surface area contributed by atoms with Gasteiger partial charge in [-0.05, 0) is 11.4 Å². The number of halogens is 1. The van der Waals surface area contributed by atoms with E-state index in [1.807, 2.05) is 0 Å². The second-order valence-corrected chi connectivity index (χ2v) is 1.82. The molecule has 8 heavy (non-hydrogen) atoms.